The number of rotatable bonds is 4. The number of anilines is 2. The first kappa shape index (κ1) is 17.5. The van der Waals surface area contributed by atoms with Crippen molar-refractivity contribution in [3.63, 3.8) is 0 Å². The quantitative estimate of drug-likeness (QED) is 0.479. The zero-order valence-electron chi connectivity index (χ0n) is 14.0. The molecule has 2 aromatic heterocycles. The number of hydrogen-bond acceptors (Lipinski definition) is 6. The molecule has 0 amide bonds. The number of halogens is 1. The first-order chi connectivity index (χ1) is 12.8. The molecule has 0 fully saturated rings. The molecule has 0 aliphatic carbocycles. The molecule has 0 unspecified atom stereocenters. The molecule has 4 rings (SSSR count). The van der Waals surface area contributed by atoms with E-state index in [0.29, 0.717) is 28.0 Å². The second-order valence-corrected chi connectivity index (χ2v) is 7.77. The molecular formula is C16H14ClN7O2S. The first-order valence-electron chi connectivity index (χ1n) is 7.76. The number of aryl methyl sites for hydroxylation is 1. The summed E-state index contributed by atoms with van der Waals surface area (Å²) in [5.41, 5.74) is 2.15. The van der Waals surface area contributed by atoms with Gasteiger partial charge >= 0.3 is 0 Å². The van der Waals surface area contributed by atoms with Crippen LogP contribution in [0.4, 0.5) is 11.6 Å². The SMILES string of the molecule is Cn1nc(-c2ccc(S(N)(=O)=O)cc2)nc1Nc1ccc2[nH]ncc2c1Cl. The number of nitrogens with two attached hydrogens (primary N) is 1. The molecule has 0 bridgehead atoms. The highest BCUT2D eigenvalue weighted by atomic mass is 35.5. The minimum absolute atomic E-state index is 0.0285. The van der Waals surface area contributed by atoms with Gasteiger partial charge in [-0.1, -0.05) is 11.6 Å². The number of sulfonamides is 1. The molecule has 0 radical (unpaired) electrons. The van der Waals surface area contributed by atoms with Crippen molar-refractivity contribution in [3.8, 4) is 11.4 Å². The van der Waals surface area contributed by atoms with Gasteiger partial charge in [-0.2, -0.15) is 10.1 Å². The van der Waals surface area contributed by atoms with Gasteiger partial charge in [0.25, 0.3) is 0 Å². The summed E-state index contributed by atoms with van der Waals surface area (Å²) in [5.74, 6) is 0.909. The van der Waals surface area contributed by atoms with Crippen molar-refractivity contribution in [1.29, 1.82) is 0 Å². The summed E-state index contributed by atoms with van der Waals surface area (Å²) in [7, 11) is -2.01. The molecule has 0 spiro atoms. The van der Waals surface area contributed by atoms with Crippen LogP contribution in [0.3, 0.4) is 0 Å². The lowest BCUT2D eigenvalue weighted by Gasteiger charge is -2.07. The fourth-order valence-electron chi connectivity index (χ4n) is 2.61. The van der Waals surface area contributed by atoms with Gasteiger partial charge in [0, 0.05) is 18.0 Å². The number of nitrogens with zero attached hydrogens (tertiary/aromatic N) is 4. The Hall–Kier alpha value is -2.95. The highest BCUT2D eigenvalue weighted by Crippen LogP contribution is 2.32. The number of fused-ring (bicyclic) bond motifs is 1. The fraction of sp³-hybridized carbons (Fsp3) is 0.0625. The second kappa shape index (κ2) is 6.34. The summed E-state index contributed by atoms with van der Waals surface area (Å²) in [6.45, 7) is 0. The van der Waals surface area contributed by atoms with Crippen LogP contribution in [0.1, 0.15) is 0 Å². The zero-order chi connectivity index (χ0) is 19.2. The van der Waals surface area contributed by atoms with Gasteiger partial charge in [0.05, 0.1) is 27.3 Å². The molecule has 2 aromatic carbocycles. The van der Waals surface area contributed by atoms with E-state index in [1.807, 2.05) is 12.1 Å². The van der Waals surface area contributed by atoms with Crippen LogP contribution in [0.25, 0.3) is 22.3 Å². The lowest BCUT2D eigenvalue weighted by molar-refractivity contribution is 0.598. The van der Waals surface area contributed by atoms with Crippen LogP contribution in [-0.4, -0.2) is 33.4 Å². The van der Waals surface area contributed by atoms with Gasteiger partial charge in [0.1, 0.15) is 0 Å². The van der Waals surface area contributed by atoms with Gasteiger partial charge in [0.15, 0.2) is 5.82 Å². The average molecular weight is 404 g/mol. The smallest absolute Gasteiger partial charge is 0.238 e. The van der Waals surface area contributed by atoms with Crippen LogP contribution in [0.15, 0.2) is 47.5 Å². The van der Waals surface area contributed by atoms with Crippen molar-refractivity contribution >= 4 is 44.2 Å². The van der Waals surface area contributed by atoms with Crippen LogP contribution in [0, 0.1) is 0 Å². The number of benzene rings is 2. The Bertz CT molecular complexity index is 1250. The molecule has 27 heavy (non-hydrogen) atoms. The van der Waals surface area contributed by atoms with Crippen molar-refractivity contribution in [2.45, 2.75) is 4.90 Å². The van der Waals surface area contributed by atoms with Crippen molar-refractivity contribution in [1.82, 2.24) is 25.0 Å². The number of H-pyrrole nitrogens is 1. The van der Waals surface area contributed by atoms with Crippen LogP contribution in [0.5, 0.6) is 0 Å². The van der Waals surface area contributed by atoms with E-state index in [1.54, 1.807) is 30.1 Å². The number of nitrogens with one attached hydrogen (secondary N) is 2. The third kappa shape index (κ3) is 3.25. The van der Waals surface area contributed by atoms with E-state index in [-0.39, 0.29) is 4.90 Å². The predicted molar refractivity (Wildman–Crippen MR) is 102 cm³/mol. The molecule has 2 heterocycles. The summed E-state index contributed by atoms with van der Waals surface area (Å²) in [6.07, 6.45) is 1.65. The van der Waals surface area contributed by atoms with Crippen LogP contribution in [0.2, 0.25) is 5.02 Å². The molecule has 11 heteroatoms. The summed E-state index contributed by atoms with van der Waals surface area (Å²) >= 11 is 6.42. The van der Waals surface area contributed by atoms with Gasteiger partial charge in [-0.15, -0.1) is 5.10 Å². The average Bonchev–Trinajstić information content (AvgIpc) is 3.24. The van der Waals surface area contributed by atoms with Gasteiger partial charge in [-0.3, -0.25) is 5.10 Å². The Kier molecular flexibility index (Phi) is 4.10. The van der Waals surface area contributed by atoms with Crippen LogP contribution in [-0.2, 0) is 17.1 Å². The second-order valence-electron chi connectivity index (χ2n) is 5.84. The normalized spacial score (nSPS) is 11.8. The molecular weight excluding hydrogens is 390 g/mol. The predicted octanol–water partition coefficient (Wildman–Crippen LogP) is 2.40. The number of aromatic nitrogens is 5. The lowest BCUT2D eigenvalue weighted by Crippen LogP contribution is -2.11. The van der Waals surface area contributed by atoms with Crippen LogP contribution < -0.4 is 10.5 Å². The Labute approximate surface area is 159 Å². The maximum Gasteiger partial charge on any atom is 0.238 e. The van der Waals surface area contributed by atoms with Crippen molar-refractivity contribution in [2.24, 2.45) is 12.2 Å². The molecule has 0 saturated heterocycles. The van der Waals surface area contributed by atoms with E-state index >= 15 is 0 Å². The van der Waals surface area contributed by atoms with E-state index in [2.05, 4.69) is 25.6 Å². The minimum Gasteiger partial charge on any atom is -0.323 e. The summed E-state index contributed by atoms with van der Waals surface area (Å²) in [5, 5.41) is 20.8. The Morgan fingerprint density at radius 1 is 1.19 bits per heavy atom. The van der Waals surface area contributed by atoms with Gasteiger partial charge in [-0.25, -0.2) is 18.2 Å². The maximum absolute atomic E-state index is 11.4. The van der Waals surface area contributed by atoms with E-state index in [1.165, 1.54) is 12.1 Å². The van der Waals surface area contributed by atoms with Crippen LogP contribution >= 0.6 is 11.6 Å². The van der Waals surface area contributed by atoms with Gasteiger partial charge in [-0.05, 0) is 36.4 Å². The standard InChI is InChI=1S/C16H14ClN7O2S/c1-24-16(20-13-7-6-12-11(14(13)17)8-19-22-12)21-15(23-24)9-2-4-10(5-3-9)27(18,25)26/h2-8H,1H3,(H,19,22)(H2,18,25,26)(H,20,21,23). The van der Waals surface area contributed by atoms with Crippen molar-refractivity contribution in [2.75, 3.05) is 5.32 Å². The highest BCUT2D eigenvalue weighted by Gasteiger charge is 2.14. The highest BCUT2D eigenvalue weighted by molar-refractivity contribution is 7.89. The zero-order valence-corrected chi connectivity index (χ0v) is 15.6. The number of primary sulfonamides is 1. The molecule has 0 saturated carbocycles. The maximum atomic E-state index is 11.4. The number of hydrogen-bond donors (Lipinski definition) is 3. The first-order valence-corrected chi connectivity index (χ1v) is 9.68. The van der Waals surface area contributed by atoms with E-state index in [9.17, 15) is 8.42 Å². The Morgan fingerprint density at radius 2 is 1.93 bits per heavy atom. The Balaban J connectivity index is 1.66. The largest absolute Gasteiger partial charge is 0.323 e. The molecule has 9 nitrogen and oxygen atoms in total. The third-order valence-corrected chi connectivity index (χ3v) is 5.35. The lowest BCUT2D eigenvalue weighted by atomic mass is 10.2. The molecule has 0 atom stereocenters. The molecule has 4 N–H and O–H groups in total. The molecule has 0 aliphatic heterocycles. The Morgan fingerprint density at radius 3 is 2.63 bits per heavy atom. The molecule has 138 valence electrons. The number of aromatic amines is 1. The molecule has 0 aliphatic rings. The van der Waals surface area contributed by atoms with Crippen molar-refractivity contribution < 1.29 is 8.42 Å². The topological polar surface area (TPSA) is 132 Å². The van der Waals surface area contributed by atoms with E-state index < -0.39 is 10.0 Å². The summed E-state index contributed by atoms with van der Waals surface area (Å²) in [6, 6.07) is 9.71. The monoisotopic (exact) mass is 403 g/mol. The van der Waals surface area contributed by atoms with Crippen molar-refractivity contribution in [3.05, 3.63) is 47.6 Å². The molecule has 4 aromatic rings. The minimum atomic E-state index is -3.74. The fourth-order valence-corrected chi connectivity index (χ4v) is 3.39. The van der Waals surface area contributed by atoms with E-state index in [4.69, 9.17) is 16.7 Å². The third-order valence-electron chi connectivity index (χ3n) is 4.01. The van der Waals surface area contributed by atoms with E-state index in [0.717, 1.165) is 10.9 Å². The van der Waals surface area contributed by atoms with Gasteiger partial charge < -0.3 is 5.32 Å². The van der Waals surface area contributed by atoms with Gasteiger partial charge in [0.2, 0.25) is 16.0 Å². The summed E-state index contributed by atoms with van der Waals surface area (Å²) < 4.78 is 24.3. The summed E-state index contributed by atoms with van der Waals surface area (Å²) in [4.78, 5) is 4.48.